The lowest BCUT2D eigenvalue weighted by molar-refractivity contribution is -0.123. The molecule has 3 nitrogen and oxygen atoms in total. The SMILES string of the molecule is O=C(COc1ccc(Cl)cc1Cl)NCCc1ccc(F)cc1. The summed E-state index contributed by atoms with van der Waals surface area (Å²) >= 11 is 11.7. The summed E-state index contributed by atoms with van der Waals surface area (Å²) in [5, 5.41) is 3.57. The Balaban J connectivity index is 1.72. The Morgan fingerprint density at radius 3 is 2.55 bits per heavy atom. The molecule has 0 unspecified atom stereocenters. The Labute approximate surface area is 138 Å². The van der Waals surface area contributed by atoms with Gasteiger partial charge < -0.3 is 10.1 Å². The minimum atomic E-state index is -0.277. The number of hydrogen-bond acceptors (Lipinski definition) is 2. The van der Waals surface area contributed by atoms with Crippen LogP contribution in [0.1, 0.15) is 5.56 Å². The second-order valence-corrected chi connectivity index (χ2v) is 5.43. The van der Waals surface area contributed by atoms with E-state index in [0.717, 1.165) is 5.56 Å². The summed E-state index contributed by atoms with van der Waals surface area (Å²) in [6.07, 6.45) is 0.619. The molecule has 1 amide bonds. The van der Waals surface area contributed by atoms with Crippen molar-refractivity contribution in [3.8, 4) is 5.75 Å². The molecule has 0 aromatic heterocycles. The Kier molecular flexibility index (Phi) is 6.04. The number of hydrogen-bond donors (Lipinski definition) is 1. The predicted molar refractivity (Wildman–Crippen MR) is 85.1 cm³/mol. The molecule has 0 bridgehead atoms. The molecule has 0 spiro atoms. The molecular weight excluding hydrogens is 328 g/mol. The third kappa shape index (κ3) is 5.20. The molecule has 2 aromatic rings. The van der Waals surface area contributed by atoms with Gasteiger partial charge in [-0.15, -0.1) is 0 Å². The van der Waals surface area contributed by atoms with Crippen molar-refractivity contribution in [1.82, 2.24) is 5.32 Å². The van der Waals surface area contributed by atoms with E-state index in [4.69, 9.17) is 27.9 Å². The van der Waals surface area contributed by atoms with Crippen LogP contribution in [0.3, 0.4) is 0 Å². The molecule has 0 radical (unpaired) electrons. The van der Waals surface area contributed by atoms with Crippen LogP contribution in [0.2, 0.25) is 10.0 Å². The normalized spacial score (nSPS) is 10.3. The van der Waals surface area contributed by atoms with Crippen LogP contribution in [-0.4, -0.2) is 19.1 Å². The van der Waals surface area contributed by atoms with Gasteiger partial charge in [0.1, 0.15) is 11.6 Å². The minimum Gasteiger partial charge on any atom is -0.482 e. The summed E-state index contributed by atoms with van der Waals surface area (Å²) < 4.78 is 18.1. The van der Waals surface area contributed by atoms with Crippen LogP contribution in [0.5, 0.6) is 5.75 Å². The summed E-state index contributed by atoms with van der Waals surface area (Å²) in [7, 11) is 0. The molecule has 2 aromatic carbocycles. The zero-order valence-electron chi connectivity index (χ0n) is 11.6. The van der Waals surface area contributed by atoms with Gasteiger partial charge in [-0.3, -0.25) is 4.79 Å². The third-order valence-electron chi connectivity index (χ3n) is 2.90. The number of rotatable bonds is 6. The van der Waals surface area contributed by atoms with Crippen LogP contribution >= 0.6 is 23.2 Å². The number of benzene rings is 2. The Morgan fingerprint density at radius 2 is 1.86 bits per heavy atom. The number of carbonyl (C=O) groups is 1. The van der Waals surface area contributed by atoms with E-state index < -0.39 is 0 Å². The average Bonchev–Trinajstić information content (AvgIpc) is 2.48. The van der Waals surface area contributed by atoms with E-state index in [1.165, 1.54) is 12.1 Å². The first-order chi connectivity index (χ1) is 10.5. The monoisotopic (exact) mass is 341 g/mol. The smallest absolute Gasteiger partial charge is 0.257 e. The van der Waals surface area contributed by atoms with Crippen LogP contribution in [0, 0.1) is 5.82 Å². The third-order valence-corrected chi connectivity index (χ3v) is 3.43. The van der Waals surface area contributed by atoms with Gasteiger partial charge in [0.2, 0.25) is 0 Å². The van der Waals surface area contributed by atoms with E-state index in [-0.39, 0.29) is 18.3 Å². The zero-order valence-corrected chi connectivity index (χ0v) is 13.1. The predicted octanol–water partition coefficient (Wildman–Crippen LogP) is 3.87. The van der Waals surface area contributed by atoms with Gasteiger partial charge in [0.15, 0.2) is 6.61 Å². The standard InChI is InChI=1S/C16H14Cl2FNO2/c17-12-3-6-15(14(18)9-12)22-10-16(21)20-8-7-11-1-4-13(19)5-2-11/h1-6,9H,7-8,10H2,(H,20,21). The van der Waals surface area contributed by atoms with Gasteiger partial charge in [0, 0.05) is 11.6 Å². The van der Waals surface area contributed by atoms with Crippen LogP contribution in [0.15, 0.2) is 42.5 Å². The fraction of sp³-hybridized carbons (Fsp3) is 0.188. The van der Waals surface area contributed by atoms with Crippen LogP contribution < -0.4 is 10.1 Å². The summed E-state index contributed by atoms with van der Waals surface area (Å²) in [4.78, 5) is 11.7. The van der Waals surface area contributed by atoms with Gasteiger partial charge >= 0.3 is 0 Å². The fourth-order valence-electron chi connectivity index (χ4n) is 1.78. The molecule has 0 aliphatic rings. The quantitative estimate of drug-likeness (QED) is 0.866. The highest BCUT2D eigenvalue weighted by molar-refractivity contribution is 6.35. The lowest BCUT2D eigenvalue weighted by atomic mass is 10.1. The molecule has 0 heterocycles. The summed E-state index contributed by atoms with van der Waals surface area (Å²) in [6, 6.07) is 10.9. The van der Waals surface area contributed by atoms with Crippen molar-refractivity contribution >= 4 is 29.1 Å². The van der Waals surface area contributed by atoms with Crippen molar-refractivity contribution in [2.45, 2.75) is 6.42 Å². The molecule has 0 aliphatic carbocycles. The number of carbonyl (C=O) groups excluding carboxylic acids is 1. The van der Waals surface area contributed by atoms with E-state index >= 15 is 0 Å². The van der Waals surface area contributed by atoms with Gasteiger partial charge in [0.05, 0.1) is 5.02 Å². The Hall–Kier alpha value is -1.78. The fourth-order valence-corrected chi connectivity index (χ4v) is 2.25. The van der Waals surface area contributed by atoms with Crippen molar-refractivity contribution in [2.24, 2.45) is 0 Å². The molecule has 22 heavy (non-hydrogen) atoms. The Morgan fingerprint density at radius 1 is 1.14 bits per heavy atom. The first kappa shape index (κ1) is 16.6. The summed E-state index contributed by atoms with van der Waals surface area (Å²) in [6.45, 7) is 0.312. The van der Waals surface area contributed by atoms with Gasteiger partial charge in [-0.2, -0.15) is 0 Å². The average molecular weight is 342 g/mol. The van der Waals surface area contributed by atoms with Gasteiger partial charge in [-0.25, -0.2) is 4.39 Å². The zero-order chi connectivity index (χ0) is 15.9. The van der Waals surface area contributed by atoms with Crippen LogP contribution in [0.25, 0.3) is 0 Å². The van der Waals surface area contributed by atoms with Crippen LogP contribution in [0.4, 0.5) is 4.39 Å². The van der Waals surface area contributed by atoms with E-state index in [0.29, 0.717) is 28.8 Å². The molecule has 0 saturated heterocycles. The van der Waals surface area contributed by atoms with E-state index in [1.54, 1.807) is 30.3 Å². The number of nitrogens with one attached hydrogen (secondary N) is 1. The van der Waals surface area contributed by atoms with E-state index in [2.05, 4.69) is 5.32 Å². The highest BCUT2D eigenvalue weighted by Crippen LogP contribution is 2.27. The highest BCUT2D eigenvalue weighted by atomic mass is 35.5. The molecular formula is C16H14Cl2FNO2. The lowest BCUT2D eigenvalue weighted by Gasteiger charge is -2.09. The molecule has 0 saturated carbocycles. The maximum Gasteiger partial charge on any atom is 0.257 e. The Bertz CT molecular complexity index is 647. The van der Waals surface area contributed by atoms with Crippen molar-refractivity contribution < 1.29 is 13.9 Å². The summed E-state index contributed by atoms with van der Waals surface area (Å²) in [5.74, 6) is -0.131. The van der Waals surface area contributed by atoms with Crippen molar-refractivity contribution in [2.75, 3.05) is 13.2 Å². The number of ether oxygens (including phenoxy) is 1. The molecule has 0 atom stereocenters. The maximum absolute atomic E-state index is 12.8. The molecule has 2 rings (SSSR count). The second kappa shape index (κ2) is 8.01. The minimum absolute atomic E-state index is 0.134. The van der Waals surface area contributed by atoms with E-state index in [1.807, 2.05) is 0 Å². The number of halogens is 3. The highest BCUT2D eigenvalue weighted by Gasteiger charge is 2.06. The van der Waals surface area contributed by atoms with Gasteiger partial charge in [0.25, 0.3) is 5.91 Å². The van der Waals surface area contributed by atoms with Crippen molar-refractivity contribution in [1.29, 1.82) is 0 Å². The number of amides is 1. The molecule has 116 valence electrons. The molecule has 0 fully saturated rings. The summed E-state index contributed by atoms with van der Waals surface area (Å²) in [5.41, 5.74) is 0.948. The molecule has 1 N–H and O–H groups in total. The first-order valence-corrected chi connectivity index (χ1v) is 7.39. The van der Waals surface area contributed by atoms with Gasteiger partial charge in [-0.1, -0.05) is 35.3 Å². The first-order valence-electron chi connectivity index (χ1n) is 6.63. The van der Waals surface area contributed by atoms with Crippen molar-refractivity contribution in [3.63, 3.8) is 0 Å². The van der Waals surface area contributed by atoms with E-state index in [9.17, 15) is 9.18 Å². The van der Waals surface area contributed by atoms with Gasteiger partial charge in [-0.05, 0) is 42.3 Å². The molecule has 6 heteroatoms. The lowest BCUT2D eigenvalue weighted by Crippen LogP contribution is -2.30. The second-order valence-electron chi connectivity index (χ2n) is 4.59. The van der Waals surface area contributed by atoms with Crippen molar-refractivity contribution in [3.05, 3.63) is 63.9 Å². The largest absolute Gasteiger partial charge is 0.482 e. The maximum atomic E-state index is 12.8. The molecule has 0 aliphatic heterocycles. The topological polar surface area (TPSA) is 38.3 Å². The van der Waals surface area contributed by atoms with Crippen LogP contribution in [-0.2, 0) is 11.2 Å².